The second-order valence-corrected chi connectivity index (χ2v) is 16.7. The summed E-state index contributed by atoms with van der Waals surface area (Å²) in [5.41, 5.74) is 13.6. The van der Waals surface area contributed by atoms with E-state index in [0.29, 0.717) is 0 Å². The molecule has 3 nitrogen and oxygen atoms in total. The van der Waals surface area contributed by atoms with Crippen LogP contribution in [0.3, 0.4) is 0 Å². The quantitative estimate of drug-likeness (QED) is 0.156. The summed E-state index contributed by atoms with van der Waals surface area (Å²) < 4.78 is 9.02. The van der Waals surface area contributed by atoms with Gasteiger partial charge in [-0.25, -0.2) is 0 Å². The molecule has 0 unspecified atom stereocenters. The number of aryl methyl sites for hydroxylation is 1. The van der Waals surface area contributed by atoms with Crippen molar-refractivity contribution < 1.29 is 4.42 Å². The first-order valence-corrected chi connectivity index (χ1v) is 21.9. The van der Waals surface area contributed by atoms with Gasteiger partial charge in [0.25, 0.3) is 0 Å². The molecule has 0 saturated carbocycles. The van der Waals surface area contributed by atoms with Gasteiger partial charge in [-0.1, -0.05) is 164 Å². The molecule has 3 heteroatoms. The molecule has 2 aromatic heterocycles. The molecule has 0 spiro atoms. The highest BCUT2D eigenvalue weighted by Gasteiger charge is 2.25. The fourth-order valence-corrected chi connectivity index (χ4v) is 10.4. The summed E-state index contributed by atoms with van der Waals surface area (Å²) in [6.07, 6.45) is 6.42. The summed E-state index contributed by atoms with van der Waals surface area (Å²) in [7, 11) is 0. The van der Waals surface area contributed by atoms with E-state index in [4.69, 9.17) is 4.42 Å². The van der Waals surface area contributed by atoms with Crippen LogP contribution in [0.25, 0.3) is 99.1 Å². The Balaban J connectivity index is 1.05. The summed E-state index contributed by atoms with van der Waals surface area (Å²) >= 11 is 0. The van der Waals surface area contributed by atoms with Crippen molar-refractivity contribution in [1.29, 1.82) is 0 Å². The van der Waals surface area contributed by atoms with Crippen molar-refractivity contribution in [3.63, 3.8) is 0 Å². The van der Waals surface area contributed by atoms with Gasteiger partial charge in [0.15, 0.2) is 0 Å². The molecule has 1 aliphatic rings. The SMILES string of the molecule is C1=Cc2c(oc3cccc(N(c4ccc(-c5ccc(-n6c7ccccc7c7ccccc76)cc5)c(-c5ccccc5)c4)c4cc5ccc6ccccc6c5c5ccccc45)c23)CC1. The first-order valence-electron chi connectivity index (χ1n) is 21.9. The van der Waals surface area contributed by atoms with Gasteiger partial charge in [0.1, 0.15) is 11.3 Å². The van der Waals surface area contributed by atoms with Crippen LogP contribution in [0.1, 0.15) is 17.7 Å². The van der Waals surface area contributed by atoms with Crippen LogP contribution in [0, 0.1) is 0 Å². The van der Waals surface area contributed by atoms with E-state index < -0.39 is 0 Å². The molecule has 0 radical (unpaired) electrons. The number of allylic oxidation sites excluding steroid dienone is 1. The minimum Gasteiger partial charge on any atom is -0.460 e. The van der Waals surface area contributed by atoms with Gasteiger partial charge in [-0.2, -0.15) is 0 Å². The standard InChI is InChI=1S/C60H40N2O/c1-2-15-39(16-3-1)52-38-44(35-36-45(52)41-31-33-43(34-32-41)61-53-24-11-8-19-47(53)48-20-9-12-25-54(48)61)62(55-26-14-28-58-60(55)51-23-10-13-27-57(51)63-58)56-37-42-30-29-40-17-4-5-18-46(40)59(42)50-22-7-6-21-49(50)56/h1-12,14-26,28-38H,13,27H2. The first-order chi connectivity index (χ1) is 31.3. The van der Waals surface area contributed by atoms with E-state index in [9.17, 15) is 0 Å². The van der Waals surface area contributed by atoms with Gasteiger partial charge >= 0.3 is 0 Å². The maximum absolute atomic E-state index is 6.63. The van der Waals surface area contributed by atoms with E-state index in [1.807, 2.05) is 0 Å². The molecule has 0 fully saturated rings. The van der Waals surface area contributed by atoms with E-state index >= 15 is 0 Å². The number of para-hydroxylation sites is 2. The molecule has 0 N–H and O–H groups in total. The zero-order valence-electron chi connectivity index (χ0n) is 34.5. The van der Waals surface area contributed by atoms with Crippen LogP contribution < -0.4 is 4.90 Å². The molecule has 1 aliphatic carbocycles. The van der Waals surface area contributed by atoms with Gasteiger partial charge < -0.3 is 13.9 Å². The highest BCUT2D eigenvalue weighted by Crippen LogP contribution is 2.49. The minimum atomic E-state index is 0.897. The minimum absolute atomic E-state index is 0.897. The molecular formula is C60H40N2O. The number of benzene rings is 10. The van der Waals surface area contributed by atoms with Crippen LogP contribution in [0.2, 0.25) is 0 Å². The first kappa shape index (κ1) is 35.6. The molecule has 12 aromatic rings. The van der Waals surface area contributed by atoms with Gasteiger partial charge in [-0.15, -0.1) is 0 Å². The van der Waals surface area contributed by atoms with Crippen molar-refractivity contribution >= 4 is 88.2 Å². The molecule has 0 amide bonds. The molecule has 0 bridgehead atoms. The zero-order chi connectivity index (χ0) is 41.4. The molecule has 0 atom stereocenters. The average molecular weight is 805 g/mol. The normalized spacial score (nSPS) is 12.6. The van der Waals surface area contributed by atoms with Gasteiger partial charge in [-0.05, 0) is 110 Å². The van der Waals surface area contributed by atoms with E-state index in [1.54, 1.807) is 0 Å². The van der Waals surface area contributed by atoms with Gasteiger partial charge in [0.05, 0.1) is 27.8 Å². The number of aromatic nitrogens is 1. The molecule has 10 aromatic carbocycles. The Morgan fingerprint density at radius 2 is 1.11 bits per heavy atom. The van der Waals surface area contributed by atoms with Crippen LogP contribution in [0.4, 0.5) is 17.1 Å². The van der Waals surface area contributed by atoms with Crippen molar-refractivity contribution in [2.75, 3.05) is 4.90 Å². The molecular weight excluding hydrogens is 765 g/mol. The third kappa shape index (κ3) is 5.60. The number of nitrogens with zero attached hydrogens (tertiary/aromatic N) is 2. The Hall–Kier alpha value is -8.14. The number of fused-ring (bicyclic) bond motifs is 11. The molecule has 296 valence electrons. The van der Waals surface area contributed by atoms with Crippen LogP contribution >= 0.6 is 0 Å². The van der Waals surface area contributed by atoms with Gasteiger partial charge in [-0.3, -0.25) is 0 Å². The average Bonchev–Trinajstić information content (AvgIpc) is 3.91. The number of hydrogen-bond donors (Lipinski definition) is 0. The number of furan rings is 1. The lowest BCUT2D eigenvalue weighted by molar-refractivity contribution is 0.546. The van der Waals surface area contributed by atoms with Crippen LogP contribution in [0.15, 0.2) is 217 Å². The second-order valence-electron chi connectivity index (χ2n) is 16.7. The lowest BCUT2D eigenvalue weighted by Crippen LogP contribution is -2.12. The molecule has 13 rings (SSSR count). The lowest BCUT2D eigenvalue weighted by atomic mass is 9.92. The van der Waals surface area contributed by atoms with E-state index in [2.05, 4.69) is 228 Å². The molecule has 2 heterocycles. The van der Waals surface area contributed by atoms with Gasteiger partial charge in [0, 0.05) is 39.5 Å². The Labute approximate surface area is 365 Å². The van der Waals surface area contributed by atoms with Crippen molar-refractivity contribution in [3.05, 3.63) is 224 Å². The summed E-state index contributed by atoms with van der Waals surface area (Å²) in [5.74, 6) is 1.06. The van der Waals surface area contributed by atoms with Crippen molar-refractivity contribution in [2.45, 2.75) is 12.8 Å². The van der Waals surface area contributed by atoms with Crippen LogP contribution in [0.5, 0.6) is 0 Å². The Morgan fingerprint density at radius 1 is 0.444 bits per heavy atom. The van der Waals surface area contributed by atoms with Gasteiger partial charge in [0.2, 0.25) is 0 Å². The monoisotopic (exact) mass is 804 g/mol. The molecule has 0 aliphatic heterocycles. The molecule has 0 saturated heterocycles. The largest absolute Gasteiger partial charge is 0.460 e. The molecule has 63 heavy (non-hydrogen) atoms. The predicted molar refractivity (Wildman–Crippen MR) is 266 cm³/mol. The zero-order valence-corrected chi connectivity index (χ0v) is 34.5. The third-order valence-electron chi connectivity index (χ3n) is 13.2. The fourth-order valence-electron chi connectivity index (χ4n) is 10.4. The topological polar surface area (TPSA) is 21.3 Å². The smallest absolute Gasteiger partial charge is 0.137 e. The van der Waals surface area contributed by atoms with E-state index in [-0.39, 0.29) is 0 Å². The van der Waals surface area contributed by atoms with Crippen molar-refractivity contribution in [2.24, 2.45) is 0 Å². The summed E-state index contributed by atoms with van der Waals surface area (Å²) in [6, 6.07) is 75.5. The Morgan fingerprint density at radius 3 is 1.90 bits per heavy atom. The van der Waals surface area contributed by atoms with E-state index in [0.717, 1.165) is 63.4 Å². The third-order valence-corrected chi connectivity index (χ3v) is 13.2. The summed E-state index contributed by atoms with van der Waals surface area (Å²) in [6.45, 7) is 0. The second kappa shape index (κ2) is 14.2. The Kier molecular flexibility index (Phi) is 8.04. The van der Waals surface area contributed by atoms with E-state index in [1.165, 1.54) is 70.8 Å². The fraction of sp³-hybridized carbons (Fsp3) is 0.0333. The van der Waals surface area contributed by atoms with Crippen LogP contribution in [-0.2, 0) is 6.42 Å². The number of anilines is 3. The summed E-state index contributed by atoms with van der Waals surface area (Å²) in [4.78, 5) is 2.49. The van der Waals surface area contributed by atoms with Crippen LogP contribution in [-0.4, -0.2) is 4.57 Å². The predicted octanol–water partition coefficient (Wildman–Crippen LogP) is 16.8. The highest BCUT2D eigenvalue weighted by molar-refractivity contribution is 6.24. The maximum Gasteiger partial charge on any atom is 0.137 e. The van der Waals surface area contributed by atoms with Crippen molar-refractivity contribution in [1.82, 2.24) is 4.57 Å². The Bertz CT molecular complexity index is 3740. The number of rotatable bonds is 6. The number of hydrogen-bond acceptors (Lipinski definition) is 2. The lowest BCUT2D eigenvalue weighted by Gasteiger charge is -2.29. The summed E-state index contributed by atoms with van der Waals surface area (Å²) in [5, 5.41) is 11.1. The highest BCUT2D eigenvalue weighted by atomic mass is 16.3. The maximum atomic E-state index is 6.63. The van der Waals surface area contributed by atoms with Crippen molar-refractivity contribution in [3.8, 4) is 27.9 Å².